The molecule has 1 aliphatic heterocycles. The second-order valence-corrected chi connectivity index (χ2v) is 8.30. The fraction of sp³-hybridized carbons (Fsp3) is 0.0741. The van der Waals surface area contributed by atoms with Crippen LogP contribution in [0.4, 0.5) is 10.1 Å². The number of carbonyl (C=O) groups excluding carboxylic acids is 1. The van der Waals surface area contributed by atoms with E-state index in [1.165, 1.54) is 12.2 Å². The molecule has 0 fully saturated rings. The molecular formula is C27H22FNOS. The van der Waals surface area contributed by atoms with Crippen molar-refractivity contribution in [3.8, 4) is 0 Å². The zero-order valence-corrected chi connectivity index (χ0v) is 18.0. The van der Waals surface area contributed by atoms with Crippen molar-refractivity contribution < 1.29 is 9.18 Å². The van der Waals surface area contributed by atoms with Gasteiger partial charge in [0.2, 0.25) is 0 Å². The number of halogens is 1. The molecule has 1 amide bonds. The normalized spacial score (nSPS) is 13.7. The molecule has 1 N–H and O–H groups in total. The van der Waals surface area contributed by atoms with Gasteiger partial charge >= 0.3 is 0 Å². The molecule has 0 bridgehead atoms. The highest BCUT2D eigenvalue weighted by molar-refractivity contribution is 7.99. The van der Waals surface area contributed by atoms with Gasteiger partial charge in [0.15, 0.2) is 0 Å². The lowest BCUT2D eigenvalue weighted by Crippen LogP contribution is -2.11. The minimum atomic E-state index is -0.276. The molecule has 4 rings (SSSR count). The Labute approximate surface area is 186 Å². The molecule has 0 spiro atoms. The summed E-state index contributed by atoms with van der Waals surface area (Å²) >= 11 is 1.61. The number of rotatable bonds is 5. The Balaban J connectivity index is 1.53. The summed E-state index contributed by atoms with van der Waals surface area (Å²) in [5, 5.41) is 3.05. The first-order valence-corrected chi connectivity index (χ1v) is 10.9. The summed E-state index contributed by atoms with van der Waals surface area (Å²) in [5.74, 6) is -0.355. The Morgan fingerprint density at radius 2 is 1.84 bits per heavy atom. The topological polar surface area (TPSA) is 29.1 Å². The number of hydrogen-bond acceptors (Lipinski definition) is 2. The molecule has 0 radical (unpaired) electrons. The summed E-state index contributed by atoms with van der Waals surface area (Å²) in [6.07, 6.45) is 8.87. The summed E-state index contributed by atoms with van der Waals surface area (Å²) in [7, 11) is 0. The van der Waals surface area contributed by atoms with E-state index in [1.54, 1.807) is 30.8 Å². The lowest BCUT2D eigenvalue weighted by molar-refractivity contribution is 0.102. The Hall–Kier alpha value is -3.37. The van der Waals surface area contributed by atoms with Crippen LogP contribution in [0.2, 0.25) is 0 Å². The maximum atomic E-state index is 13.4. The highest BCUT2D eigenvalue weighted by Crippen LogP contribution is 2.39. The average molecular weight is 428 g/mol. The second kappa shape index (κ2) is 9.63. The molecule has 3 aromatic carbocycles. The van der Waals surface area contributed by atoms with Gasteiger partial charge in [-0.2, -0.15) is 0 Å². The molecule has 0 atom stereocenters. The van der Waals surface area contributed by atoms with Gasteiger partial charge in [-0.25, -0.2) is 4.39 Å². The Morgan fingerprint density at radius 3 is 2.71 bits per heavy atom. The SMILES string of the molecule is C\C=C/C(F)=C\C=C\c1cccc(Cc2ccc3c(c2)NC(=O)c2ccccc2S3)c1. The zero-order chi connectivity index (χ0) is 21.6. The number of benzene rings is 3. The summed E-state index contributed by atoms with van der Waals surface area (Å²) in [4.78, 5) is 14.6. The average Bonchev–Trinajstić information content (AvgIpc) is 2.90. The number of hydrogen-bond donors (Lipinski definition) is 1. The molecular weight excluding hydrogens is 405 g/mol. The molecule has 1 aliphatic rings. The van der Waals surface area contributed by atoms with Gasteiger partial charge in [0, 0.05) is 9.79 Å². The number of carbonyl (C=O) groups is 1. The van der Waals surface area contributed by atoms with Gasteiger partial charge in [-0.05, 0) is 66.5 Å². The van der Waals surface area contributed by atoms with Crippen LogP contribution in [0.3, 0.4) is 0 Å². The quantitative estimate of drug-likeness (QED) is 0.429. The van der Waals surface area contributed by atoms with E-state index >= 15 is 0 Å². The molecule has 0 saturated carbocycles. The molecule has 4 heteroatoms. The molecule has 1 heterocycles. The van der Waals surface area contributed by atoms with E-state index in [9.17, 15) is 9.18 Å². The predicted molar refractivity (Wildman–Crippen MR) is 127 cm³/mol. The highest BCUT2D eigenvalue weighted by Gasteiger charge is 2.19. The van der Waals surface area contributed by atoms with Gasteiger partial charge in [0.1, 0.15) is 5.83 Å². The van der Waals surface area contributed by atoms with Crippen molar-refractivity contribution in [2.24, 2.45) is 0 Å². The first kappa shape index (κ1) is 20.9. The number of nitrogens with one attached hydrogen (secondary N) is 1. The fourth-order valence-electron chi connectivity index (χ4n) is 3.43. The first-order chi connectivity index (χ1) is 15.1. The van der Waals surface area contributed by atoms with Gasteiger partial charge in [-0.15, -0.1) is 0 Å². The monoisotopic (exact) mass is 427 g/mol. The van der Waals surface area contributed by atoms with Gasteiger partial charge in [-0.1, -0.05) is 72.5 Å². The summed E-state index contributed by atoms with van der Waals surface area (Å²) in [6, 6.07) is 22.0. The first-order valence-electron chi connectivity index (χ1n) is 10.1. The maximum absolute atomic E-state index is 13.4. The van der Waals surface area contributed by atoms with Crippen LogP contribution in [0.25, 0.3) is 6.08 Å². The molecule has 0 aromatic heterocycles. The maximum Gasteiger partial charge on any atom is 0.256 e. The van der Waals surface area contributed by atoms with Crippen LogP contribution in [-0.2, 0) is 6.42 Å². The van der Waals surface area contributed by atoms with E-state index in [1.807, 2.05) is 48.5 Å². The van der Waals surface area contributed by atoms with E-state index < -0.39 is 0 Å². The van der Waals surface area contributed by atoms with Crippen molar-refractivity contribution >= 4 is 29.4 Å². The van der Waals surface area contributed by atoms with Crippen molar-refractivity contribution in [3.05, 3.63) is 119 Å². The Bertz CT molecular complexity index is 1210. The lowest BCUT2D eigenvalue weighted by atomic mass is 10.0. The van der Waals surface area contributed by atoms with E-state index in [0.29, 0.717) is 5.56 Å². The summed E-state index contributed by atoms with van der Waals surface area (Å²) in [6.45, 7) is 1.78. The number of amides is 1. The van der Waals surface area contributed by atoms with Crippen LogP contribution in [0.5, 0.6) is 0 Å². The van der Waals surface area contributed by atoms with E-state index in [2.05, 4.69) is 29.6 Å². The molecule has 154 valence electrons. The van der Waals surface area contributed by atoms with Crippen molar-refractivity contribution in [2.75, 3.05) is 5.32 Å². The van der Waals surface area contributed by atoms with Crippen molar-refractivity contribution in [3.63, 3.8) is 0 Å². The molecule has 0 saturated heterocycles. The van der Waals surface area contributed by atoms with E-state index in [0.717, 1.165) is 38.6 Å². The number of anilines is 1. The van der Waals surface area contributed by atoms with Crippen LogP contribution in [0.1, 0.15) is 34.0 Å². The molecule has 0 aliphatic carbocycles. The van der Waals surface area contributed by atoms with Crippen LogP contribution >= 0.6 is 11.8 Å². The molecule has 2 nitrogen and oxygen atoms in total. The summed E-state index contributed by atoms with van der Waals surface area (Å²) < 4.78 is 13.4. The van der Waals surface area contributed by atoms with Gasteiger partial charge in [0.05, 0.1) is 11.3 Å². The van der Waals surface area contributed by atoms with E-state index in [-0.39, 0.29) is 11.7 Å². The Morgan fingerprint density at radius 1 is 1.00 bits per heavy atom. The minimum absolute atomic E-state index is 0.0793. The smallest absolute Gasteiger partial charge is 0.256 e. The van der Waals surface area contributed by atoms with Crippen molar-refractivity contribution in [1.29, 1.82) is 0 Å². The zero-order valence-electron chi connectivity index (χ0n) is 17.1. The molecule has 3 aromatic rings. The Kier molecular flexibility index (Phi) is 6.48. The number of allylic oxidation sites excluding steroid dienone is 5. The predicted octanol–water partition coefficient (Wildman–Crippen LogP) is 7.44. The fourth-order valence-corrected chi connectivity index (χ4v) is 4.44. The largest absolute Gasteiger partial charge is 0.321 e. The van der Waals surface area contributed by atoms with Gasteiger partial charge < -0.3 is 5.32 Å². The van der Waals surface area contributed by atoms with Gasteiger partial charge in [-0.3, -0.25) is 4.79 Å². The third kappa shape index (κ3) is 5.22. The molecule has 31 heavy (non-hydrogen) atoms. The minimum Gasteiger partial charge on any atom is -0.321 e. The van der Waals surface area contributed by atoms with Crippen molar-refractivity contribution in [2.45, 2.75) is 23.1 Å². The number of fused-ring (bicyclic) bond motifs is 2. The van der Waals surface area contributed by atoms with Crippen LogP contribution in [0, 0.1) is 0 Å². The lowest BCUT2D eigenvalue weighted by Gasteiger charge is -2.10. The van der Waals surface area contributed by atoms with Crippen molar-refractivity contribution in [1.82, 2.24) is 0 Å². The third-order valence-corrected chi connectivity index (χ3v) is 6.02. The third-order valence-electron chi connectivity index (χ3n) is 4.87. The van der Waals surface area contributed by atoms with Crippen LogP contribution < -0.4 is 5.32 Å². The molecule has 0 unspecified atom stereocenters. The summed E-state index contributed by atoms with van der Waals surface area (Å²) in [5.41, 5.74) is 4.81. The standard InChI is InChI=1S/C27H22FNOS/c1-2-7-22(28)11-6-9-19-8-5-10-20(16-19)17-21-14-15-26-24(18-21)29-27(30)23-12-3-4-13-25(23)31-26/h2-16,18H,17H2,1H3,(H,29,30)/b7-2-,9-6+,22-11+. The van der Waals surface area contributed by atoms with Gasteiger partial charge in [0.25, 0.3) is 5.91 Å². The second-order valence-electron chi connectivity index (χ2n) is 7.22. The highest BCUT2D eigenvalue weighted by atomic mass is 32.2. The van der Waals surface area contributed by atoms with Crippen LogP contribution in [0.15, 0.2) is 107 Å². The van der Waals surface area contributed by atoms with E-state index in [4.69, 9.17) is 0 Å². The van der Waals surface area contributed by atoms with Crippen LogP contribution in [-0.4, -0.2) is 5.91 Å².